The molecule has 1 heterocycles. The van der Waals surface area contributed by atoms with Crippen LogP contribution in [0, 0.1) is 5.95 Å². The first-order valence-electron chi connectivity index (χ1n) is 5.34. The number of carbonyl (C=O) groups is 2. The van der Waals surface area contributed by atoms with Gasteiger partial charge in [0.1, 0.15) is 0 Å². The van der Waals surface area contributed by atoms with Gasteiger partial charge in [0.2, 0.25) is 11.9 Å². The maximum absolute atomic E-state index is 12.7. The first-order valence-corrected chi connectivity index (χ1v) is 5.34. The number of amides is 2. The predicted octanol–water partition coefficient (Wildman–Crippen LogP) is 0.229. The lowest BCUT2D eigenvalue weighted by atomic mass is 10.2. The third kappa shape index (κ3) is 3.51. The average Bonchev–Trinajstić information content (AvgIpc) is 3.10. The lowest BCUT2D eigenvalue weighted by Gasteiger charge is -2.05. The number of nitrogens with zero attached hydrogens (tertiary/aromatic N) is 1. The van der Waals surface area contributed by atoms with E-state index in [0.29, 0.717) is 0 Å². The Bertz CT molecular complexity index is 446. The van der Waals surface area contributed by atoms with Crippen LogP contribution in [-0.2, 0) is 4.79 Å². The number of rotatable bonds is 4. The Morgan fingerprint density at radius 2 is 2.24 bits per heavy atom. The van der Waals surface area contributed by atoms with Crippen molar-refractivity contribution in [2.24, 2.45) is 0 Å². The molecule has 1 fully saturated rings. The number of nitrogens with one attached hydrogen (secondary N) is 2. The average molecular weight is 237 g/mol. The van der Waals surface area contributed by atoms with E-state index in [1.54, 1.807) is 0 Å². The molecule has 2 amide bonds. The maximum Gasteiger partial charge on any atom is 0.251 e. The Labute approximate surface area is 97.4 Å². The molecule has 1 aliphatic carbocycles. The highest BCUT2D eigenvalue weighted by atomic mass is 19.1. The zero-order chi connectivity index (χ0) is 12.3. The Morgan fingerprint density at radius 3 is 2.88 bits per heavy atom. The lowest BCUT2D eigenvalue weighted by molar-refractivity contribution is -0.120. The van der Waals surface area contributed by atoms with Crippen LogP contribution in [0.25, 0.3) is 0 Å². The molecular formula is C11H12FN3O2. The van der Waals surface area contributed by atoms with E-state index >= 15 is 0 Å². The standard InChI is InChI=1S/C11H12FN3O2/c12-9-5-7(3-4-13-9)11(17)14-6-10(16)15-8-1-2-8/h3-5,8H,1-2,6H2,(H,14,17)(H,15,16). The van der Waals surface area contributed by atoms with E-state index in [4.69, 9.17) is 0 Å². The van der Waals surface area contributed by atoms with Gasteiger partial charge in [0.25, 0.3) is 5.91 Å². The molecule has 0 radical (unpaired) electrons. The molecule has 0 aromatic carbocycles. The van der Waals surface area contributed by atoms with Crippen LogP contribution < -0.4 is 10.6 Å². The summed E-state index contributed by atoms with van der Waals surface area (Å²) in [7, 11) is 0. The SMILES string of the molecule is O=C(CNC(=O)c1ccnc(F)c1)NC1CC1. The predicted molar refractivity (Wildman–Crippen MR) is 57.7 cm³/mol. The molecule has 1 aliphatic rings. The highest BCUT2D eigenvalue weighted by Gasteiger charge is 2.23. The van der Waals surface area contributed by atoms with Crippen LogP contribution in [0.4, 0.5) is 4.39 Å². The van der Waals surface area contributed by atoms with Gasteiger partial charge in [-0.15, -0.1) is 0 Å². The Kier molecular flexibility index (Phi) is 3.32. The lowest BCUT2D eigenvalue weighted by Crippen LogP contribution is -2.37. The smallest absolute Gasteiger partial charge is 0.251 e. The zero-order valence-electron chi connectivity index (χ0n) is 9.07. The summed E-state index contributed by atoms with van der Waals surface area (Å²) < 4.78 is 12.7. The van der Waals surface area contributed by atoms with Crippen LogP contribution in [0.5, 0.6) is 0 Å². The molecular weight excluding hydrogens is 225 g/mol. The fourth-order valence-electron chi connectivity index (χ4n) is 1.31. The minimum absolute atomic E-state index is 0.0979. The summed E-state index contributed by atoms with van der Waals surface area (Å²) in [4.78, 5) is 26.1. The molecule has 0 saturated heterocycles. The molecule has 0 atom stereocenters. The monoisotopic (exact) mass is 237 g/mol. The van der Waals surface area contributed by atoms with Crippen LogP contribution in [0.2, 0.25) is 0 Å². The molecule has 17 heavy (non-hydrogen) atoms. The summed E-state index contributed by atoms with van der Waals surface area (Å²) in [6.07, 6.45) is 3.19. The third-order valence-corrected chi connectivity index (χ3v) is 2.34. The minimum Gasteiger partial charge on any atom is -0.352 e. The van der Waals surface area contributed by atoms with Crippen LogP contribution in [0.3, 0.4) is 0 Å². The Morgan fingerprint density at radius 1 is 1.47 bits per heavy atom. The number of halogens is 1. The van der Waals surface area contributed by atoms with Crippen molar-refractivity contribution >= 4 is 11.8 Å². The second-order valence-corrected chi connectivity index (χ2v) is 3.89. The summed E-state index contributed by atoms with van der Waals surface area (Å²) in [5.74, 6) is -1.44. The van der Waals surface area contributed by atoms with Crippen molar-refractivity contribution in [3.05, 3.63) is 29.8 Å². The van der Waals surface area contributed by atoms with Crippen LogP contribution in [-0.4, -0.2) is 29.4 Å². The van der Waals surface area contributed by atoms with E-state index < -0.39 is 11.9 Å². The zero-order valence-corrected chi connectivity index (χ0v) is 9.07. The van der Waals surface area contributed by atoms with Crippen molar-refractivity contribution in [2.45, 2.75) is 18.9 Å². The largest absolute Gasteiger partial charge is 0.352 e. The van der Waals surface area contributed by atoms with Gasteiger partial charge in [-0.25, -0.2) is 4.98 Å². The molecule has 0 bridgehead atoms. The van der Waals surface area contributed by atoms with Gasteiger partial charge >= 0.3 is 0 Å². The molecule has 1 aromatic rings. The fraction of sp³-hybridized carbons (Fsp3) is 0.364. The van der Waals surface area contributed by atoms with E-state index in [1.165, 1.54) is 12.3 Å². The molecule has 90 valence electrons. The topological polar surface area (TPSA) is 71.1 Å². The van der Waals surface area contributed by atoms with Crippen LogP contribution in [0.1, 0.15) is 23.2 Å². The number of aromatic nitrogens is 1. The van der Waals surface area contributed by atoms with Gasteiger partial charge in [-0.1, -0.05) is 0 Å². The quantitative estimate of drug-likeness (QED) is 0.736. The van der Waals surface area contributed by atoms with E-state index in [1.807, 2.05) is 0 Å². The van der Waals surface area contributed by atoms with Crippen LogP contribution >= 0.6 is 0 Å². The summed E-state index contributed by atoms with van der Waals surface area (Å²) in [5, 5.41) is 5.15. The number of carbonyl (C=O) groups excluding carboxylic acids is 2. The first kappa shape index (κ1) is 11.5. The highest BCUT2D eigenvalue weighted by Crippen LogP contribution is 2.18. The number of hydrogen-bond donors (Lipinski definition) is 2. The van der Waals surface area contributed by atoms with Crippen LogP contribution in [0.15, 0.2) is 18.3 Å². The van der Waals surface area contributed by atoms with E-state index in [-0.39, 0.29) is 24.1 Å². The molecule has 1 saturated carbocycles. The Balaban J connectivity index is 1.82. The van der Waals surface area contributed by atoms with Crippen molar-refractivity contribution < 1.29 is 14.0 Å². The highest BCUT2D eigenvalue weighted by molar-refractivity contribution is 5.96. The van der Waals surface area contributed by atoms with Gasteiger partial charge < -0.3 is 10.6 Å². The summed E-state index contributed by atoms with van der Waals surface area (Å²) in [5.41, 5.74) is 0.150. The summed E-state index contributed by atoms with van der Waals surface area (Å²) >= 11 is 0. The van der Waals surface area contributed by atoms with Crippen molar-refractivity contribution in [2.75, 3.05) is 6.54 Å². The molecule has 0 spiro atoms. The Hall–Kier alpha value is -1.98. The molecule has 0 aliphatic heterocycles. The van der Waals surface area contributed by atoms with Gasteiger partial charge in [-0.3, -0.25) is 9.59 Å². The molecule has 2 N–H and O–H groups in total. The van der Waals surface area contributed by atoms with Crippen molar-refractivity contribution in [1.82, 2.24) is 15.6 Å². The second-order valence-electron chi connectivity index (χ2n) is 3.89. The van der Waals surface area contributed by atoms with Gasteiger partial charge in [-0.2, -0.15) is 4.39 Å². The van der Waals surface area contributed by atoms with Gasteiger partial charge in [0.15, 0.2) is 0 Å². The number of pyridine rings is 1. The fourth-order valence-corrected chi connectivity index (χ4v) is 1.31. The molecule has 5 nitrogen and oxygen atoms in total. The van der Waals surface area contributed by atoms with Gasteiger partial charge in [0.05, 0.1) is 6.54 Å². The maximum atomic E-state index is 12.7. The van der Waals surface area contributed by atoms with E-state index in [2.05, 4.69) is 15.6 Å². The van der Waals surface area contributed by atoms with E-state index in [0.717, 1.165) is 18.9 Å². The molecule has 0 unspecified atom stereocenters. The summed E-state index contributed by atoms with van der Waals surface area (Å²) in [6, 6.07) is 2.67. The van der Waals surface area contributed by atoms with Gasteiger partial charge in [0, 0.05) is 23.9 Å². The van der Waals surface area contributed by atoms with Crippen molar-refractivity contribution in [3.8, 4) is 0 Å². The third-order valence-electron chi connectivity index (χ3n) is 2.34. The molecule has 1 aromatic heterocycles. The van der Waals surface area contributed by atoms with Crippen molar-refractivity contribution in [3.63, 3.8) is 0 Å². The summed E-state index contributed by atoms with van der Waals surface area (Å²) in [6.45, 7) is -0.0979. The van der Waals surface area contributed by atoms with E-state index in [9.17, 15) is 14.0 Å². The van der Waals surface area contributed by atoms with Crippen molar-refractivity contribution in [1.29, 1.82) is 0 Å². The number of hydrogen-bond acceptors (Lipinski definition) is 3. The first-order chi connectivity index (χ1) is 8.15. The normalized spacial score (nSPS) is 14.2. The molecule has 2 rings (SSSR count). The second kappa shape index (κ2) is 4.90. The minimum atomic E-state index is -0.722. The van der Waals surface area contributed by atoms with Gasteiger partial charge in [-0.05, 0) is 18.9 Å². The molecule has 6 heteroatoms.